The van der Waals surface area contributed by atoms with E-state index in [1.165, 1.54) is 12.0 Å². The molecule has 0 spiro atoms. The summed E-state index contributed by atoms with van der Waals surface area (Å²) in [5.74, 6) is -0.282. The molecule has 1 amide bonds. The fourth-order valence-corrected chi connectivity index (χ4v) is 1.80. The molecule has 1 atom stereocenters. The van der Waals surface area contributed by atoms with Crippen LogP contribution in [0.4, 0.5) is 4.79 Å². The zero-order valence-electron chi connectivity index (χ0n) is 11.6. The Morgan fingerprint density at radius 1 is 1.39 bits per heavy atom. The molecule has 0 fully saturated rings. The number of hydrogen-bond acceptors (Lipinski definition) is 4. The first-order valence-electron chi connectivity index (χ1n) is 6.00. The van der Waals surface area contributed by atoms with E-state index in [1.54, 1.807) is 0 Å². The van der Waals surface area contributed by atoms with Crippen LogP contribution in [0.15, 0.2) is 11.6 Å². The molecule has 1 aliphatic heterocycles. The van der Waals surface area contributed by atoms with Gasteiger partial charge in [0, 0.05) is 6.54 Å². The number of rotatable bonds is 1. The molecule has 18 heavy (non-hydrogen) atoms. The van der Waals surface area contributed by atoms with Crippen LogP contribution in [0.2, 0.25) is 0 Å². The minimum atomic E-state index is -0.535. The van der Waals surface area contributed by atoms with Gasteiger partial charge >= 0.3 is 12.1 Å². The first-order chi connectivity index (χ1) is 8.23. The Kier molecular flexibility index (Phi) is 4.38. The molecule has 1 rings (SSSR count). The van der Waals surface area contributed by atoms with Gasteiger partial charge in [-0.3, -0.25) is 0 Å². The van der Waals surface area contributed by atoms with Crippen molar-refractivity contribution in [3.63, 3.8) is 0 Å². The largest absolute Gasteiger partial charge is 0.466 e. The first-order valence-corrected chi connectivity index (χ1v) is 6.00. The van der Waals surface area contributed by atoms with E-state index in [1.807, 2.05) is 33.8 Å². The molecule has 0 aliphatic carbocycles. The third-order valence-electron chi connectivity index (χ3n) is 2.45. The second kappa shape index (κ2) is 5.42. The highest BCUT2D eigenvalue weighted by Crippen LogP contribution is 2.18. The van der Waals surface area contributed by atoms with Crippen molar-refractivity contribution in [1.29, 1.82) is 0 Å². The molecular formula is C13H21NO4. The third-order valence-corrected chi connectivity index (χ3v) is 2.45. The van der Waals surface area contributed by atoms with E-state index in [-0.39, 0.29) is 12.5 Å². The van der Waals surface area contributed by atoms with Crippen molar-refractivity contribution in [2.45, 2.75) is 33.3 Å². The Bertz CT molecular complexity index is 368. The van der Waals surface area contributed by atoms with Gasteiger partial charge in [-0.05, 0) is 26.7 Å². The van der Waals surface area contributed by atoms with Crippen LogP contribution in [0.25, 0.3) is 0 Å². The van der Waals surface area contributed by atoms with Crippen molar-refractivity contribution in [3.8, 4) is 0 Å². The van der Waals surface area contributed by atoms with E-state index in [9.17, 15) is 9.59 Å². The molecule has 0 saturated carbocycles. The average Bonchev–Trinajstić information content (AvgIpc) is 2.24. The summed E-state index contributed by atoms with van der Waals surface area (Å²) in [6.45, 7) is 8.18. The lowest BCUT2D eigenvalue weighted by molar-refractivity contribution is -0.136. The highest BCUT2D eigenvalue weighted by Gasteiger charge is 2.28. The number of hydrogen-bond donors (Lipinski definition) is 0. The van der Waals surface area contributed by atoms with E-state index >= 15 is 0 Å². The molecule has 0 aromatic heterocycles. The van der Waals surface area contributed by atoms with Crippen molar-refractivity contribution < 1.29 is 19.1 Å². The molecule has 0 saturated heterocycles. The Balaban J connectivity index is 2.74. The summed E-state index contributed by atoms with van der Waals surface area (Å²) in [6.07, 6.45) is 1.44. The summed E-state index contributed by atoms with van der Waals surface area (Å²) in [5, 5.41) is 0. The normalized spacial score (nSPS) is 20.2. The van der Waals surface area contributed by atoms with Gasteiger partial charge in [-0.25, -0.2) is 9.59 Å². The highest BCUT2D eigenvalue weighted by atomic mass is 16.6. The fourth-order valence-electron chi connectivity index (χ4n) is 1.80. The third kappa shape index (κ3) is 4.05. The van der Waals surface area contributed by atoms with Gasteiger partial charge in [0.15, 0.2) is 0 Å². The topological polar surface area (TPSA) is 55.8 Å². The Hall–Kier alpha value is -1.52. The Labute approximate surface area is 108 Å². The second-order valence-electron chi connectivity index (χ2n) is 5.52. The van der Waals surface area contributed by atoms with E-state index in [0.717, 1.165) is 0 Å². The summed E-state index contributed by atoms with van der Waals surface area (Å²) >= 11 is 0. The van der Waals surface area contributed by atoms with Gasteiger partial charge in [0.05, 0.1) is 19.2 Å². The monoisotopic (exact) mass is 255 g/mol. The Morgan fingerprint density at radius 3 is 2.50 bits per heavy atom. The average molecular weight is 255 g/mol. The van der Waals surface area contributed by atoms with Crippen LogP contribution in [-0.4, -0.2) is 42.8 Å². The van der Waals surface area contributed by atoms with Gasteiger partial charge < -0.3 is 14.4 Å². The molecule has 0 aromatic carbocycles. The molecular weight excluding hydrogens is 234 g/mol. The summed E-state index contributed by atoms with van der Waals surface area (Å²) < 4.78 is 9.98. The summed E-state index contributed by atoms with van der Waals surface area (Å²) in [7, 11) is 1.33. The quantitative estimate of drug-likeness (QED) is 0.672. The highest BCUT2D eigenvalue weighted by molar-refractivity contribution is 5.90. The minimum absolute atomic E-state index is 0.111. The first kappa shape index (κ1) is 14.5. The molecule has 0 N–H and O–H groups in total. The molecule has 1 heterocycles. The molecule has 5 nitrogen and oxygen atoms in total. The van der Waals surface area contributed by atoms with Gasteiger partial charge in [-0.15, -0.1) is 0 Å². The van der Waals surface area contributed by atoms with E-state index in [0.29, 0.717) is 12.1 Å². The van der Waals surface area contributed by atoms with Crippen LogP contribution >= 0.6 is 0 Å². The molecule has 0 aromatic rings. The van der Waals surface area contributed by atoms with Gasteiger partial charge in [-0.1, -0.05) is 13.0 Å². The van der Waals surface area contributed by atoms with Crippen LogP contribution in [-0.2, 0) is 14.3 Å². The fraction of sp³-hybridized carbons (Fsp3) is 0.692. The predicted molar refractivity (Wildman–Crippen MR) is 67.1 cm³/mol. The number of methoxy groups -OCH3 is 1. The zero-order chi connectivity index (χ0) is 13.9. The van der Waals surface area contributed by atoms with Crippen LogP contribution < -0.4 is 0 Å². The van der Waals surface area contributed by atoms with Crippen LogP contribution in [0.3, 0.4) is 0 Å². The molecule has 1 unspecified atom stereocenters. The molecule has 0 radical (unpaired) electrons. The van der Waals surface area contributed by atoms with Crippen LogP contribution in [0.1, 0.15) is 27.7 Å². The Morgan fingerprint density at radius 2 is 2.00 bits per heavy atom. The zero-order valence-corrected chi connectivity index (χ0v) is 11.6. The predicted octanol–water partition coefficient (Wildman–Crippen LogP) is 1.97. The van der Waals surface area contributed by atoms with E-state index in [4.69, 9.17) is 4.74 Å². The smallest absolute Gasteiger partial charge is 0.410 e. The minimum Gasteiger partial charge on any atom is -0.466 e. The molecule has 1 aliphatic rings. The molecule has 102 valence electrons. The lowest BCUT2D eigenvalue weighted by Crippen LogP contribution is -2.43. The van der Waals surface area contributed by atoms with Crippen molar-refractivity contribution in [3.05, 3.63) is 11.6 Å². The lowest BCUT2D eigenvalue weighted by Gasteiger charge is -2.31. The van der Waals surface area contributed by atoms with Crippen LogP contribution in [0.5, 0.6) is 0 Å². The van der Waals surface area contributed by atoms with Gasteiger partial charge in [0.2, 0.25) is 0 Å². The number of amides is 1. The number of ether oxygens (including phenoxy) is 2. The molecule has 5 heteroatoms. The number of esters is 1. The number of nitrogens with zero attached hydrogens (tertiary/aromatic N) is 1. The number of carbonyl (C=O) groups excluding carboxylic acids is 2. The maximum absolute atomic E-state index is 11.9. The SMILES string of the molecule is COC(=O)C1=CC(C)CN(C(=O)OC(C)(C)C)C1. The van der Waals surface area contributed by atoms with Crippen LogP contribution in [0, 0.1) is 5.92 Å². The van der Waals surface area contributed by atoms with E-state index < -0.39 is 17.7 Å². The maximum Gasteiger partial charge on any atom is 0.410 e. The molecule has 0 bridgehead atoms. The summed E-state index contributed by atoms with van der Waals surface area (Å²) in [6, 6.07) is 0. The van der Waals surface area contributed by atoms with Gasteiger partial charge in [0.1, 0.15) is 5.60 Å². The summed E-state index contributed by atoms with van der Waals surface area (Å²) in [5.41, 5.74) is -0.0329. The lowest BCUT2D eigenvalue weighted by atomic mass is 10.0. The standard InChI is InChI=1S/C13H21NO4/c1-9-6-10(11(15)17-5)8-14(7-9)12(16)18-13(2,3)4/h6,9H,7-8H2,1-5H3. The summed E-state index contributed by atoms with van der Waals surface area (Å²) in [4.78, 5) is 25.0. The van der Waals surface area contributed by atoms with Crippen molar-refractivity contribution in [1.82, 2.24) is 4.90 Å². The van der Waals surface area contributed by atoms with E-state index in [2.05, 4.69) is 4.74 Å². The van der Waals surface area contributed by atoms with Gasteiger partial charge in [-0.2, -0.15) is 0 Å². The second-order valence-corrected chi connectivity index (χ2v) is 5.52. The van der Waals surface area contributed by atoms with Crippen molar-refractivity contribution >= 4 is 12.1 Å². The maximum atomic E-state index is 11.9. The number of carbonyl (C=O) groups is 2. The van der Waals surface area contributed by atoms with Crippen molar-refractivity contribution in [2.24, 2.45) is 5.92 Å². The van der Waals surface area contributed by atoms with Gasteiger partial charge in [0.25, 0.3) is 0 Å². The van der Waals surface area contributed by atoms with Crippen molar-refractivity contribution in [2.75, 3.05) is 20.2 Å².